The Labute approximate surface area is 120 Å². The van der Waals surface area contributed by atoms with Crippen LogP contribution in [0.15, 0.2) is 0 Å². The van der Waals surface area contributed by atoms with Crippen LogP contribution < -0.4 is 5.32 Å². The number of morpholine rings is 1. The smallest absolute Gasteiger partial charge is 0.0900 e. The Kier molecular flexibility index (Phi) is 5.33. The summed E-state index contributed by atoms with van der Waals surface area (Å²) in [5.41, 5.74) is 1.19. The number of aromatic nitrogens is 1. The van der Waals surface area contributed by atoms with Gasteiger partial charge in [0.05, 0.1) is 23.4 Å². The van der Waals surface area contributed by atoms with Gasteiger partial charge in [0, 0.05) is 30.6 Å². The van der Waals surface area contributed by atoms with Crippen LogP contribution in [0.4, 0.5) is 0 Å². The van der Waals surface area contributed by atoms with E-state index in [4.69, 9.17) is 4.74 Å². The zero-order chi connectivity index (χ0) is 13.8. The van der Waals surface area contributed by atoms with Crippen molar-refractivity contribution in [1.82, 2.24) is 15.2 Å². The molecule has 1 aliphatic heterocycles. The minimum absolute atomic E-state index is 0.297. The predicted molar refractivity (Wildman–Crippen MR) is 79.9 cm³/mol. The van der Waals surface area contributed by atoms with Gasteiger partial charge in [-0.1, -0.05) is 6.92 Å². The molecule has 1 fully saturated rings. The zero-order valence-corrected chi connectivity index (χ0v) is 13.2. The maximum Gasteiger partial charge on any atom is 0.0900 e. The van der Waals surface area contributed by atoms with E-state index in [0.717, 1.165) is 37.8 Å². The lowest BCUT2D eigenvalue weighted by molar-refractivity contribution is -0.0262. The number of thiazole rings is 1. The Hall–Kier alpha value is -0.490. The van der Waals surface area contributed by atoms with Crippen molar-refractivity contribution < 1.29 is 4.74 Å². The standard InChI is InChI=1S/C14H25N3OS/c1-5-17-6-7-18-13(9-17)8-15-10(2)14-11(3)19-12(4)16-14/h10,13,15H,5-9H2,1-4H3. The van der Waals surface area contributed by atoms with Crippen molar-refractivity contribution in [1.29, 1.82) is 0 Å². The molecule has 19 heavy (non-hydrogen) atoms. The molecular weight excluding hydrogens is 258 g/mol. The fourth-order valence-electron chi connectivity index (χ4n) is 2.54. The van der Waals surface area contributed by atoms with E-state index in [0.29, 0.717) is 12.1 Å². The second-order valence-corrected chi connectivity index (χ2v) is 6.60. The Balaban J connectivity index is 1.83. The number of rotatable bonds is 5. The van der Waals surface area contributed by atoms with Crippen LogP contribution in [0.1, 0.15) is 35.5 Å². The van der Waals surface area contributed by atoms with Crippen molar-refractivity contribution in [2.45, 2.75) is 39.8 Å². The maximum absolute atomic E-state index is 5.81. The summed E-state index contributed by atoms with van der Waals surface area (Å²) < 4.78 is 5.81. The van der Waals surface area contributed by atoms with E-state index in [1.807, 2.05) is 0 Å². The average molecular weight is 283 g/mol. The minimum atomic E-state index is 0.297. The summed E-state index contributed by atoms with van der Waals surface area (Å²) in [4.78, 5) is 8.37. The Morgan fingerprint density at radius 1 is 1.53 bits per heavy atom. The van der Waals surface area contributed by atoms with Crippen molar-refractivity contribution in [2.75, 3.05) is 32.8 Å². The second-order valence-electron chi connectivity index (χ2n) is 5.19. The molecule has 2 atom stereocenters. The van der Waals surface area contributed by atoms with Gasteiger partial charge in [-0.25, -0.2) is 4.98 Å². The lowest BCUT2D eigenvalue weighted by Gasteiger charge is -2.32. The normalized spacial score (nSPS) is 22.6. The summed E-state index contributed by atoms with van der Waals surface area (Å²) >= 11 is 1.77. The van der Waals surface area contributed by atoms with Crippen LogP contribution in [0.25, 0.3) is 0 Å². The van der Waals surface area contributed by atoms with Crippen molar-refractivity contribution in [2.24, 2.45) is 0 Å². The van der Waals surface area contributed by atoms with Crippen LogP contribution in [0.3, 0.4) is 0 Å². The Bertz CT molecular complexity index is 407. The van der Waals surface area contributed by atoms with Gasteiger partial charge in [0.15, 0.2) is 0 Å². The summed E-state index contributed by atoms with van der Waals surface area (Å²) in [6, 6.07) is 0.297. The van der Waals surface area contributed by atoms with E-state index in [9.17, 15) is 0 Å². The van der Waals surface area contributed by atoms with E-state index < -0.39 is 0 Å². The fourth-order valence-corrected chi connectivity index (χ4v) is 3.46. The number of likely N-dealkylation sites (N-methyl/N-ethyl adjacent to an activating group) is 1. The van der Waals surface area contributed by atoms with Gasteiger partial charge in [-0.2, -0.15) is 0 Å². The molecule has 108 valence electrons. The van der Waals surface area contributed by atoms with Crippen LogP contribution in [0.5, 0.6) is 0 Å². The van der Waals surface area contributed by atoms with Crippen LogP contribution in [0, 0.1) is 13.8 Å². The first-order valence-electron chi connectivity index (χ1n) is 7.11. The molecule has 1 aromatic heterocycles. The molecular formula is C14H25N3OS. The summed E-state index contributed by atoms with van der Waals surface area (Å²) in [5, 5.41) is 4.71. The minimum Gasteiger partial charge on any atom is -0.374 e. The summed E-state index contributed by atoms with van der Waals surface area (Å²) in [6.07, 6.45) is 0.302. The van der Waals surface area contributed by atoms with Crippen molar-refractivity contribution in [3.8, 4) is 0 Å². The van der Waals surface area contributed by atoms with Gasteiger partial charge in [-0.15, -0.1) is 11.3 Å². The fraction of sp³-hybridized carbons (Fsp3) is 0.786. The van der Waals surface area contributed by atoms with Crippen LogP contribution in [0.2, 0.25) is 0 Å². The van der Waals surface area contributed by atoms with E-state index in [-0.39, 0.29) is 0 Å². The zero-order valence-electron chi connectivity index (χ0n) is 12.4. The number of hydrogen-bond donors (Lipinski definition) is 1. The quantitative estimate of drug-likeness (QED) is 0.898. The first-order chi connectivity index (χ1) is 9.10. The highest BCUT2D eigenvalue weighted by atomic mass is 32.1. The molecule has 0 radical (unpaired) electrons. The molecule has 1 saturated heterocycles. The Morgan fingerprint density at radius 3 is 2.95 bits per heavy atom. The van der Waals surface area contributed by atoms with Crippen LogP contribution >= 0.6 is 11.3 Å². The summed E-state index contributed by atoms with van der Waals surface area (Å²) in [6.45, 7) is 13.6. The topological polar surface area (TPSA) is 37.4 Å². The third kappa shape index (κ3) is 3.99. The summed E-state index contributed by atoms with van der Waals surface area (Å²) in [5.74, 6) is 0. The molecule has 0 saturated carbocycles. The molecule has 0 aliphatic carbocycles. The van der Waals surface area contributed by atoms with Gasteiger partial charge in [-0.05, 0) is 27.3 Å². The van der Waals surface area contributed by atoms with Crippen molar-refractivity contribution >= 4 is 11.3 Å². The van der Waals surface area contributed by atoms with Crippen molar-refractivity contribution in [3.05, 3.63) is 15.6 Å². The number of nitrogens with one attached hydrogen (secondary N) is 1. The third-order valence-electron chi connectivity index (χ3n) is 3.67. The highest BCUT2D eigenvalue weighted by Gasteiger charge is 2.20. The number of hydrogen-bond acceptors (Lipinski definition) is 5. The van der Waals surface area contributed by atoms with Gasteiger partial charge >= 0.3 is 0 Å². The molecule has 0 spiro atoms. The van der Waals surface area contributed by atoms with Gasteiger partial charge in [0.2, 0.25) is 0 Å². The van der Waals surface area contributed by atoms with Gasteiger partial charge in [0.25, 0.3) is 0 Å². The number of nitrogens with zero attached hydrogens (tertiary/aromatic N) is 2. The highest BCUT2D eigenvalue weighted by Crippen LogP contribution is 2.22. The first-order valence-corrected chi connectivity index (χ1v) is 7.93. The average Bonchev–Trinajstić information content (AvgIpc) is 2.75. The Morgan fingerprint density at radius 2 is 2.32 bits per heavy atom. The van der Waals surface area contributed by atoms with Crippen LogP contribution in [-0.4, -0.2) is 48.8 Å². The van der Waals surface area contributed by atoms with E-state index in [1.165, 1.54) is 10.6 Å². The molecule has 2 rings (SSSR count). The van der Waals surface area contributed by atoms with Gasteiger partial charge < -0.3 is 10.1 Å². The van der Waals surface area contributed by atoms with Gasteiger partial charge in [-0.3, -0.25) is 4.90 Å². The largest absolute Gasteiger partial charge is 0.374 e. The molecule has 1 aliphatic rings. The lowest BCUT2D eigenvalue weighted by Crippen LogP contribution is -2.46. The van der Waals surface area contributed by atoms with E-state index in [1.54, 1.807) is 11.3 Å². The number of ether oxygens (including phenoxy) is 1. The molecule has 0 bridgehead atoms. The molecule has 2 heterocycles. The molecule has 2 unspecified atom stereocenters. The molecule has 0 amide bonds. The van der Waals surface area contributed by atoms with Gasteiger partial charge in [0.1, 0.15) is 0 Å². The highest BCUT2D eigenvalue weighted by molar-refractivity contribution is 7.11. The molecule has 1 N–H and O–H groups in total. The number of aryl methyl sites for hydroxylation is 2. The molecule has 0 aromatic carbocycles. The summed E-state index contributed by atoms with van der Waals surface area (Å²) in [7, 11) is 0. The maximum atomic E-state index is 5.81. The predicted octanol–water partition coefficient (Wildman–Crippen LogP) is 2.13. The SMILES string of the molecule is CCN1CCOC(CNC(C)c2nc(C)sc2C)C1. The lowest BCUT2D eigenvalue weighted by atomic mass is 10.2. The monoisotopic (exact) mass is 283 g/mol. The van der Waals surface area contributed by atoms with E-state index >= 15 is 0 Å². The van der Waals surface area contributed by atoms with Crippen LogP contribution in [-0.2, 0) is 4.74 Å². The first kappa shape index (κ1) is 14.9. The molecule has 4 nitrogen and oxygen atoms in total. The molecule has 5 heteroatoms. The van der Waals surface area contributed by atoms with E-state index in [2.05, 4.69) is 42.9 Å². The molecule has 1 aromatic rings. The van der Waals surface area contributed by atoms with Crippen molar-refractivity contribution in [3.63, 3.8) is 0 Å². The second kappa shape index (κ2) is 6.79. The third-order valence-corrected chi connectivity index (χ3v) is 4.57.